The van der Waals surface area contributed by atoms with Gasteiger partial charge in [0.05, 0.1) is 12.7 Å². The molecule has 1 saturated heterocycles. The summed E-state index contributed by atoms with van der Waals surface area (Å²) in [5, 5.41) is 2.31. The Morgan fingerprint density at radius 3 is 2.77 bits per heavy atom. The zero-order chi connectivity index (χ0) is 18.3. The van der Waals surface area contributed by atoms with Crippen molar-refractivity contribution in [1.82, 2.24) is 20.2 Å². The number of ether oxygens (including phenoxy) is 1. The van der Waals surface area contributed by atoms with Gasteiger partial charge in [-0.15, -0.1) is 0 Å². The molecular formula is C18H16N4O4. The average molecular weight is 352 g/mol. The van der Waals surface area contributed by atoms with Crippen molar-refractivity contribution in [3.8, 4) is 17.0 Å². The number of nitrogens with one attached hydrogen (secondary N) is 1. The highest BCUT2D eigenvalue weighted by Gasteiger charge is 2.40. The summed E-state index contributed by atoms with van der Waals surface area (Å²) < 4.78 is 5.31. The van der Waals surface area contributed by atoms with Crippen LogP contribution in [0.4, 0.5) is 0 Å². The molecule has 1 atom stereocenters. The van der Waals surface area contributed by atoms with Gasteiger partial charge >= 0.3 is 0 Å². The average Bonchev–Trinajstić information content (AvgIpc) is 2.98. The number of imide groups is 1. The van der Waals surface area contributed by atoms with Gasteiger partial charge in [0.2, 0.25) is 17.7 Å². The summed E-state index contributed by atoms with van der Waals surface area (Å²) in [6.07, 6.45) is 3.59. The van der Waals surface area contributed by atoms with Crippen LogP contribution in [0, 0.1) is 0 Å². The molecule has 1 fully saturated rings. The molecule has 4 rings (SSSR count). The van der Waals surface area contributed by atoms with Crippen molar-refractivity contribution in [2.45, 2.75) is 25.4 Å². The number of methoxy groups -OCH3 is 1. The van der Waals surface area contributed by atoms with Gasteiger partial charge in [-0.2, -0.15) is 0 Å². The Morgan fingerprint density at radius 2 is 2.00 bits per heavy atom. The van der Waals surface area contributed by atoms with Crippen molar-refractivity contribution in [3.63, 3.8) is 0 Å². The fourth-order valence-electron chi connectivity index (χ4n) is 3.50. The van der Waals surface area contributed by atoms with Crippen LogP contribution in [0.3, 0.4) is 0 Å². The summed E-state index contributed by atoms with van der Waals surface area (Å²) >= 11 is 0. The minimum atomic E-state index is -0.644. The monoisotopic (exact) mass is 352 g/mol. The maximum atomic E-state index is 12.9. The van der Waals surface area contributed by atoms with Gasteiger partial charge in [-0.05, 0) is 23.6 Å². The van der Waals surface area contributed by atoms with Gasteiger partial charge in [-0.3, -0.25) is 19.7 Å². The van der Waals surface area contributed by atoms with E-state index in [1.165, 1.54) is 18.3 Å². The van der Waals surface area contributed by atoms with E-state index in [1.54, 1.807) is 18.3 Å². The Kier molecular flexibility index (Phi) is 3.87. The first-order valence-corrected chi connectivity index (χ1v) is 8.21. The number of nitrogens with zero attached hydrogens (tertiary/aromatic N) is 3. The maximum Gasteiger partial charge on any atom is 0.255 e. The zero-order valence-electron chi connectivity index (χ0n) is 14.1. The molecule has 132 valence electrons. The first kappa shape index (κ1) is 16.2. The predicted molar refractivity (Wildman–Crippen MR) is 90.1 cm³/mol. The van der Waals surface area contributed by atoms with Crippen molar-refractivity contribution < 1.29 is 19.1 Å². The van der Waals surface area contributed by atoms with Crippen molar-refractivity contribution in [2.24, 2.45) is 0 Å². The largest absolute Gasteiger partial charge is 0.480 e. The van der Waals surface area contributed by atoms with Crippen LogP contribution in [0.1, 0.15) is 28.8 Å². The summed E-state index contributed by atoms with van der Waals surface area (Å²) in [6.45, 7) is 0.286. The number of carbonyl (C=O) groups is 3. The lowest BCUT2D eigenvalue weighted by Gasteiger charge is -2.29. The molecule has 8 heteroatoms. The van der Waals surface area contributed by atoms with Crippen molar-refractivity contribution in [1.29, 1.82) is 0 Å². The molecule has 1 aromatic heterocycles. The fraction of sp³-hybridized carbons (Fsp3) is 0.278. The second-order valence-electron chi connectivity index (χ2n) is 6.18. The van der Waals surface area contributed by atoms with Gasteiger partial charge in [-0.25, -0.2) is 9.97 Å². The van der Waals surface area contributed by atoms with Crippen LogP contribution >= 0.6 is 0 Å². The molecule has 2 aliphatic heterocycles. The van der Waals surface area contributed by atoms with Gasteiger partial charge in [0.15, 0.2) is 0 Å². The number of rotatable bonds is 3. The van der Waals surface area contributed by atoms with E-state index in [0.717, 1.165) is 11.1 Å². The Hall–Kier alpha value is -3.29. The highest BCUT2D eigenvalue weighted by Crippen LogP contribution is 2.37. The minimum Gasteiger partial charge on any atom is -0.480 e. The van der Waals surface area contributed by atoms with Crippen molar-refractivity contribution >= 4 is 17.7 Å². The number of carbonyl (C=O) groups excluding carboxylic acids is 3. The lowest BCUT2D eigenvalue weighted by Crippen LogP contribution is -2.52. The highest BCUT2D eigenvalue weighted by atomic mass is 16.5. The molecule has 1 aromatic carbocycles. The second-order valence-corrected chi connectivity index (χ2v) is 6.18. The van der Waals surface area contributed by atoms with Gasteiger partial charge in [0.25, 0.3) is 5.91 Å². The summed E-state index contributed by atoms with van der Waals surface area (Å²) in [7, 11) is 1.52. The number of benzene rings is 1. The SMILES string of the molecule is COc1ncncc1-c1cccc2c1CN(C1CCC(=O)NC1=O)C2=O. The number of piperidine rings is 1. The highest BCUT2D eigenvalue weighted by molar-refractivity contribution is 6.06. The molecule has 3 amide bonds. The Balaban J connectivity index is 1.73. The van der Waals surface area contributed by atoms with E-state index in [0.29, 0.717) is 23.4 Å². The van der Waals surface area contributed by atoms with Crippen LogP contribution in [-0.4, -0.2) is 45.7 Å². The third kappa shape index (κ3) is 2.50. The first-order valence-electron chi connectivity index (χ1n) is 8.21. The summed E-state index contributed by atoms with van der Waals surface area (Å²) in [5.74, 6) is -0.528. The molecule has 2 aliphatic rings. The number of hydrogen-bond acceptors (Lipinski definition) is 6. The van der Waals surface area contributed by atoms with E-state index in [2.05, 4.69) is 15.3 Å². The van der Waals surface area contributed by atoms with Crippen molar-refractivity contribution in [3.05, 3.63) is 41.9 Å². The van der Waals surface area contributed by atoms with E-state index in [1.807, 2.05) is 6.07 Å². The van der Waals surface area contributed by atoms with Crippen LogP contribution in [0.5, 0.6) is 5.88 Å². The Labute approximate surface area is 149 Å². The molecule has 1 unspecified atom stereocenters. The van der Waals surface area contributed by atoms with Crippen LogP contribution in [0.15, 0.2) is 30.7 Å². The summed E-state index contributed by atoms with van der Waals surface area (Å²) in [6, 6.07) is 4.76. The number of aromatic nitrogens is 2. The number of hydrogen-bond donors (Lipinski definition) is 1. The molecule has 0 saturated carbocycles. The lowest BCUT2D eigenvalue weighted by atomic mass is 9.98. The van der Waals surface area contributed by atoms with E-state index in [4.69, 9.17) is 4.74 Å². The molecule has 1 N–H and O–H groups in total. The second kappa shape index (κ2) is 6.21. The Morgan fingerprint density at radius 1 is 1.19 bits per heavy atom. The number of amides is 3. The van der Waals surface area contributed by atoms with Crippen LogP contribution in [0.2, 0.25) is 0 Å². The van der Waals surface area contributed by atoms with Crippen LogP contribution < -0.4 is 10.1 Å². The molecule has 8 nitrogen and oxygen atoms in total. The zero-order valence-corrected chi connectivity index (χ0v) is 14.1. The van der Waals surface area contributed by atoms with E-state index >= 15 is 0 Å². The van der Waals surface area contributed by atoms with Gasteiger partial charge < -0.3 is 9.64 Å². The first-order chi connectivity index (χ1) is 12.6. The van der Waals surface area contributed by atoms with Gasteiger partial charge in [0.1, 0.15) is 12.4 Å². The van der Waals surface area contributed by atoms with Gasteiger partial charge in [-0.1, -0.05) is 12.1 Å². The third-order valence-corrected chi connectivity index (χ3v) is 4.74. The summed E-state index contributed by atoms with van der Waals surface area (Å²) in [4.78, 5) is 46.1. The quantitative estimate of drug-likeness (QED) is 0.824. The number of fused-ring (bicyclic) bond motifs is 1. The maximum absolute atomic E-state index is 12.9. The van der Waals surface area contributed by atoms with Crippen LogP contribution in [0.25, 0.3) is 11.1 Å². The van der Waals surface area contributed by atoms with Crippen molar-refractivity contribution in [2.75, 3.05) is 7.11 Å². The standard InChI is InChI=1S/C18H16N4O4/c1-26-17-12(7-19-9-20-17)10-3-2-4-11-13(10)8-22(18(11)25)14-5-6-15(23)21-16(14)24/h2-4,7,9,14H,5-6,8H2,1H3,(H,21,23,24). The fourth-order valence-corrected chi connectivity index (χ4v) is 3.50. The summed E-state index contributed by atoms with van der Waals surface area (Å²) in [5.41, 5.74) is 2.82. The molecule has 0 aliphatic carbocycles. The molecule has 0 bridgehead atoms. The van der Waals surface area contributed by atoms with Crippen LogP contribution in [-0.2, 0) is 16.1 Å². The molecule has 26 heavy (non-hydrogen) atoms. The molecule has 0 spiro atoms. The minimum absolute atomic E-state index is 0.216. The Bertz CT molecular complexity index is 927. The smallest absolute Gasteiger partial charge is 0.255 e. The lowest BCUT2D eigenvalue weighted by molar-refractivity contribution is -0.136. The van der Waals surface area contributed by atoms with E-state index < -0.39 is 11.9 Å². The normalized spacial score (nSPS) is 19.3. The molecular weight excluding hydrogens is 336 g/mol. The van der Waals surface area contributed by atoms with E-state index in [9.17, 15) is 14.4 Å². The molecule has 3 heterocycles. The van der Waals surface area contributed by atoms with Gasteiger partial charge in [0, 0.05) is 24.7 Å². The van der Waals surface area contributed by atoms with E-state index in [-0.39, 0.29) is 24.8 Å². The predicted octanol–water partition coefficient (Wildman–Crippen LogP) is 0.913. The molecule has 2 aromatic rings. The topological polar surface area (TPSA) is 101 Å². The third-order valence-electron chi connectivity index (χ3n) is 4.74. The molecule has 0 radical (unpaired) electrons.